The molecule has 2 saturated carbocycles. The Morgan fingerprint density at radius 2 is 2.08 bits per heavy atom. The van der Waals surface area contributed by atoms with Gasteiger partial charge >= 0.3 is 0 Å². The lowest BCUT2D eigenvalue weighted by Gasteiger charge is -2.30. The highest BCUT2D eigenvalue weighted by Crippen LogP contribution is 2.48. The molecule has 0 spiro atoms. The molecule has 3 heteroatoms. The van der Waals surface area contributed by atoms with Crippen LogP contribution in [0.4, 0.5) is 0 Å². The van der Waals surface area contributed by atoms with Gasteiger partial charge in [0.1, 0.15) is 0 Å². The van der Waals surface area contributed by atoms with Gasteiger partial charge in [0.05, 0.1) is 0 Å². The molecular weight excluding hydrogens is 182 g/mol. The van der Waals surface area contributed by atoms with Gasteiger partial charge in [0.15, 0.2) is 0 Å². The Hall–Kier alpha value is -0.180. The van der Waals surface area contributed by atoms with Crippen LogP contribution < -0.4 is 5.32 Å². The summed E-state index contributed by atoms with van der Waals surface area (Å²) >= 11 is 1.93. The van der Waals surface area contributed by atoms with Crippen molar-refractivity contribution in [3.63, 3.8) is 0 Å². The van der Waals surface area contributed by atoms with Crippen molar-refractivity contribution in [3.05, 3.63) is 0 Å². The molecule has 2 fully saturated rings. The number of carbonyl (C=O) groups is 1. The average Bonchev–Trinajstić information content (AvgIpc) is 2.62. The molecule has 2 aliphatic carbocycles. The van der Waals surface area contributed by atoms with Gasteiger partial charge in [-0.05, 0) is 37.4 Å². The number of hydrogen-bond acceptors (Lipinski definition) is 2. The molecule has 0 radical (unpaired) electrons. The lowest BCUT2D eigenvalue weighted by atomic mass is 9.95. The minimum absolute atomic E-state index is 0.136. The summed E-state index contributed by atoms with van der Waals surface area (Å²) in [5, 5.41) is 3.80. The monoisotopic (exact) mass is 199 g/mol. The molecule has 4 unspecified atom stereocenters. The van der Waals surface area contributed by atoms with E-state index >= 15 is 0 Å². The fraction of sp³-hybridized carbons (Fsp3) is 0.900. The van der Waals surface area contributed by atoms with Crippen LogP contribution in [0.1, 0.15) is 26.2 Å². The first kappa shape index (κ1) is 9.38. The summed E-state index contributed by atoms with van der Waals surface area (Å²) in [6.45, 7) is 1.63. The summed E-state index contributed by atoms with van der Waals surface area (Å²) < 4.78 is 0. The van der Waals surface area contributed by atoms with Crippen LogP contribution in [0, 0.1) is 11.8 Å². The summed E-state index contributed by atoms with van der Waals surface area (Å²) in [5.41, 5.74) is 0. The van der Waals surface area contributed by atoms with Crippen LogP contribution in [0.2, 0.25) is 0 Å². The molecule has 74 valence electrons. The maximum absolute atomic E-state index is 11.0. The Bertz CT molecular complexity index is 219. The third-order valence-electron chi connectivity index (χ3n) is 3.48. The van der Waals surface area contributed by atoms with Gasteiger partial charge in [-0.3, -0.25) is 4.79 Å². The van der Waals surface area contributed by atoms with Crippen LogP contribution in [0.3, 0.4) is 0 Å². The number of amides is 1. The van der Waals surface area contributed by atoms with Crippen LogP contribution in [0.5, 0.6) is 0 Å². The first-order valence-corrected chi connectivity index (χ1v) is 6.31. The van der Waals surface area contributed by atoms with Gasteiger partial charge in [0.25, 0.3) is 0 Å². The van der Waals surface area contributed by atoms with E-state index in [0.717, 1.165) is 11.8 Å². The average molecular weight is 199 g/mol. The van der Waals surface area contributed by atoms with E-state index < -0.39 is 0 Å². The molecule has 2 bridgehead atoms. The van der Waals surface area contributed by atoms with Crippen molar-refractivity contribution in [2.75, 3.05) is 6.26 Å². The molecule has 0 aromatic heterocycles. The number of nitrogens with one attached hydrogen (secondary N) is 1. The van der Waals surface area contributed by atoms with Gasteiger partial charge in [-0.25, -0.2) is 0 Å². The Morgan fingerprint density at radius 3 is 2.69 bits per heavy atom. The summed E-state index contributed by atoms with van der Waals surface area (Å²) in [6, 6.07) is 0.464. The van der Waals surface area contributed by atoms with Crippen molar-refractivity contribution in [2.45, 2.75) is 37.5 Å². The molecule has 4 atom stereocenters. The van der Waals surface area contributed by atoms with Gasteiger partial charge in [-0.2, -0.15) is 11.8 Å². The van der Waals surface area contributed by atoms with Crippen molar-refractivity contribution in [3.8, 4) is 0 Å². The summed E-state index contributed by atoms with van der Waals surface area (Å²) in [7, 11) is 0. The number of hydrogen-bond donors (Lipinski definition) is 1. The zero-order valence-electron chi connectivity index (χ0n) is 8.25. The zero-order chi connectivity index (χ0) is 9.42. The van der Waals surface area contributed by atoms with Gasteiger partial charge < -0.3 is 5.32 Å². The van der Waals surface area contributed by atoms with Crippen molar-refractivity contribution in [1.82, 2.24) is 5.32 Å². The summed E-state index contributed by atoms with van der Waals surface area (Å²) in [4.78, 5) is 11.0. The molecule has 13 heavy (non-hydrogen) atoms. The molecule has 1 amide bonds. The highest BCUT2D eigenvalue weighted by atomic mass is 32.2. The largest absolute Gasteiger partial charge is 0.352 e. The Balaban J connectivity index is 2.04. The van der Waals surface area contributed by atoms with E-state index in [1.54, 1.807) is 6.92 Å². The minimum Gasteiger partial charge on any atom is -0.352 e. The van der Waals surface area contributed by atoms with Crippen molar-refractivity contribution in [1.29, 1.82) is 0 Å². The number of rotatable bonds is 2. The van der Waals surface area contributed by atoms with Gasteiger partial charge in [-0.15, -0.1) is 0 Å². The van der Waals surface area contributed by atoms with Crippen LogP contribution >= 0.6 is 11.8 Å². The third-order valence-corrected chi connectivity index (χ3v) is 4.70. The lowest BCUT2D eigenvalue weighted by Crippen LogP contribution is -2.44. The third kappa shape index (κ3) is 1.58. The predicted molar refractivity (Wildman–Crippen MR) is 55.7 cm³/mol. The van der Waals surface area contributed by atoms with E-state index in [-0.39, 0.29) is 5.91 Å². The topological polar surface area (TPSA) is 29.1 Å². The minimum atomic E-state index is 0.136. The second-order valence-corrected chi connectivity index (χ2v) is 5.28. The van der Waals surface area contributed by atoms with Gasteiger partial charge in [0, 0.05) is 18.2 Å². The summed E-state index contributed by atoms with van der Waals surface area (Å²) in [6.07, 6.45) is 6.22. The maximum Gasteiger partial charge on any atom is 0.217 e. The molecule has 0 aromatic carbocycles. The molecule has 2 nitrogen and oxygen atoms in total. The highest BCUT2D eigenvalue weighted by Gasteiger charge is 2.47. The van der Waals surface area contributed by atoms with Crippen molar-refractivity contribution < 1.29 is 4.79 Å². The normalized spacial score (nSPS) is 42.3. The molecular formula is C10H17NOS. The zero-order valence-corrected chi connectivity index (χ0v) is 9.06. The van der Waals surface area contributed by atoms with Crippen molar-refractivity contribution in [2.24, 2.45) is 11.8 Å². The molecule has 2 aliphatic rings. The fourth-order valence-electron chi connectivity index (χ4n) is 3.01. The van der Waals surface area contributed by atoms with E-state index in [4.69, 9.17) is 0 Å². The van der Waals surface area contributed by atoms with Crippen LogP contribution in [-0.2, 0) is 4.79 Å². The molecule has 0 aromatic rings. The smallest absolute Gasteiger partial charge is 0.217 e. The quantitative estimate of drug-likeness (QED) is 0.732. The van der Waals surface area contributed by atoms with Crippen molar-refractivity contribution >= 4 is 17.7 Å². The summed E-state index contributed by atoms with van der Waals surface area (Å²) in [5.74, 6) is 1.78. The second-order valence-electron chi connectivity index (χ2n) is 4.26. The number of thioether (sulfide) groups is 1. The molecule has 2 rings (SSSR count). The first-order chi connectivity index (χ1) is 6.22. The molecule has 0 saturated heterocycles. The Kier molecular flexibility index (Phi) is 2.54. The van der Waals surface area contributed by atoms with E-state index in [0.29, 0.717) is 11.3 Å². The van der Waals surface area contributed by atoms with Gasteiger partial charge in [0.2, 0.25) is 5.91 Å². The standard InChI is InChI=1S/C10H17NOS/c1-6(12)11-9-7-3-4-8(5-7)10(9)13-2/h7-10H,3-5H2,1-2H3,(H,11,12). The first-order valence-electron chi connectivity index (χ1n) is 5.02. The predicted octanol–water partition coefficient (Wildman–Crippen LogP) is 1.65. The maximum atomic E-state index is 11.0. The Labute approximate surface area is 83.8 Å². The van der Waals surface area contributed by atoms with E-state index in [2.05, 4.69) is 11.6 Å². The SMILES string of the molecule is CSC1C2CCC(C2)C1NC(C)=O. The number of fused-ring (bicyclic) bond motifs is 2. The highest BCUT2D eigenvalue weighted by molar-refractivity contribution is 7.99. The Morgan fingerprint density at radius 1 is 1.38 bits per heavy atom. The van der Waals surface area contributed by atoms with E-state index in [1.807, 2.05) is 11.8 Å². The molecule has 1 N–H and O–H groups in total. The lowest BCUT2D eigenvalue weighted by molar-refractivity contribution is -0.119. The van der Waals surface area contributed by atoms with E-state index in [1.165, 1.54) is 19.3 Å². The molecule has 0 heterocycles. The fourth-order valence-corrected chi connectivity index (χ4v) is 4.23. The van der Waals surface area contributed by atoms with Crippen LogP contribution in [-0.4, -0.2) is 23.5 Å². The van der Waals surface area contributed by atoms with Crippen LogP contribution in [0.25, 0.3) is 0 Å². The second kappa shape index (κ2) is 3.52. The molecule has 0 aliphatic heterocycles. The van der Waals surface area contributed by atoms with E-state index in [9.17, 15) is 4.79 Å². The number of carbonyl (C=O) groups excluding carboxylic acids is 1. The van der Waals surface area contributed by atoms with Crippen LogP contribution in [0.15, 0.2) is 0 Å². The van der Waals surface area contributed by atoms with Gasteiger partial charge in [-0.1, -0.05) is 0 Å².